The molecule has 0 spiro atoms. The molecule has 2 aromatic carbocycles. The summed E-state index contributed by atoms with van der Waals surface area (Å²) >= 11 is 0. The van der Waals surface area contributed by atoms with Gasteiger partial charge in [-0.1, -0.05) is 24.3 Å². The largest absolute Gasteiger partial charge is 0.442 e. The molecule has 3 atom stereocenters. The van der Waals surface area contributed by atoms with Crippen molar-refractivity contribution < 1.29 is 28.6 Å². The molecule has 34 heavy (non-hydrogen) atoms. The smallest absolute Gasteiger partial charge is 0.414 e. The molecule has 0 aliphatic carbocycles. The Morgan fingerprint density at radius 3 is 2.62 bits per heavy atom. The Kier molecular flexibility index (Phi) is 7.09. The molecule has 180 valence electrons. The van der Waals surface area contributed by atoms with Crippen LogP contribution in [-0.4, -0.2) is 60.9 Å². The summed E-state index contributed by atoms with van der Waals surface area (Å²) in [6, 6.07) is 11.3. The Labute approximate surface area is 196 Å². The van der Waals surface area contributed by atoms with E-state index >= 15 is 0 Å². The van der Waals surface area contributed by atoms with Crippen molar-refractivity contribution in [3.63, 3.8) is 0 Å². The Morgan fingerprint density at radius 2 is 1.97 bits per heavy atom. The highest BCUT2D eigenvalue weighted by Gasteiger charge is 2.32. The lowest BCUT2D eigenvalue weighted by Gasteiger charge is -2.15. The number of benzene rings is 2. The van der Waals surface area contributed by atoms with E-state index in [4.69, 9.17) is 4.74 Å². The van der Waals surface area contributed by atoms with Crippen LogP contribution < -0.4 is 20.9 Å². The zero-order chi connectivity index (χ0) is 24.2. The van der Waals surface area contributed by atoms with Gasteiger partial charge in [-0.25, -0.2) is 9.18 Å². The third-order valence-electron chi connectivity index (χ3n) is 5.87. The van der Waals surface area contributed by atoms with Gasteiger partial charge in [-0.3, -0.25) is 14.5 Å². The van der Waals surface area contributed by atoms with E-state index in [1.54, 1.807) is 24.3 Å². The van der Waals surface area contributed by atoms with Gasteiger partial charge in [0.2, 0.25) is 11.8 Å². The number of anilines is 1. The van der Waals surface area contributed by atoms with Gasteiger partial charge in [0.1, 0.15) is 11.9 Å². The zero-order valence-corrected chi connectivity index (χ0v) is 18.7. The topological polar surface area (TPSA) is 120 Å². The molecule has 2 aromatic rings. The van der Waals surface area contributed by atoms with Crippen LogP contribution in [0, 0.1) is 5.82 Å². The molecule has 4 rings (SSSR count). The quantitative estimate of drug-likeness (QED) is 0.484. The zero-order valence-electron chi connectivity index (χ0n) is 18.7. The predicted molar refractivity (Wildman–Crippen MR) is 122 cm³/mol. The predicted octanol–water partition coefficient (Wildman–Crippen LogP) is 1.29. The number of nitrogens with one attached hydrogen (secondary N) is 3. The molecule has 0 bridgehead atoms. The van der Waals surface area contributed by atoms with E-state index in [-0.39, 0.29) is 24.9 Å². The van der Waals surface area contributed by atoms with E-state index in [9.17, 15) is 23.9 Å². The van der Waals surface area contributed by atoms with Crippen LogP contribution in [0.25, 0.3) is 11.1 Å². The third-order valence-corrected chi connectivity index (χ3v) is 5.87. The van der Waals surface area contributed by atoms with Crippen molar-refractivity contribution in [1.29, 1.82) is 0 Å². The lowest BCUT2D eigenvalue weighted by molar-refractivity contribution is -0.123. The molecule has 2 fully saturated rings. The van der Waals surface area contributed by atoms with Crippen LogP contribution in [-0.2, 0) is 20.9 Å². The number of aliphatic hydroxyl groups excluding tert-OH is 1. The second-order valence-corrected chi connectivity index (χ2v) is 8.48. The number of rotatable bonds is 7. The second-order valence-electron chi connectivity index (χ2n) is 8.48. The maximum Gasteiger partial charge on any atom is 0.414 e. The molecule has 0 saturated carbocycles. The van der Waals surface area contributed by atoms with E-state index in [0.717, 1.165) is 5.56 Å². The average molecular weight is 471 g/mol. The molecule has 0 aromatic heterocycles. The number of β-amino-alcohol motifs (C(OH)–C–C–N with tert-alkyl or cyclic N) is 1. The lowest BCUT2D eigenvalue weighted by Crippen LogP contribution is -2.39. The number of hydrogen-bond acceptors (Lipinski definition) is 6. The number of halogens is 1. The highest BCUT2D eigenvalue weighted by molar-refractivity contribution is 5.90. The summed E-state index contributed by atoms with van der Waals surface area (Å²) in [6.45, 7) is 2.53. The van der Waals surface area contributed by atoms with Gasteiger partial charge in [0.05, 0.1) is 30.9 Å². The molecule has 2 saturated heterocycles. The minimum atomic E-state index is -0.587. The van der Waals surface area contributed by atoms with Gasteiger partial charge in [0, 0.05) is 25.6 Å². The molecule has 0 unspecified atom stereocenters. The molecule has 4 N–H and O–H groups in total. The molecule has 2 aliphatic heterocycles. The Morgan fingerprint density at radius 1 is 1.21 bits per heavy atom. The van der Waals surface area contributed by atoms with Crippen molar-refractivity contribution >= 4 is 23.6 Å². The molecular formula is C24H27FN4O5. The van der Waals surface area contributed by atoms with Gasteiger partial charge in [-0.15, -0.1) is 0 Å². The number of ether oxygens (including phenoxy) is 1. The maximum absolute atomic E-state index is 14.9. The summed E-state index contributed by atoms with van der Waals surface area (Å²) in [6.07, 6.45) is -1.19. The van der Waals surface area contributed by atoms with Crippen molar-refractivity contribution in [2.24, 2.45) is 0 Å². The first-order valence-corrected chi connectivity index (χ1v) is 11.1. The van der Waals surface area contributed by atoms with Crippen LogP contribution in [0.3, 0.4) is 0 Å². The molecule has 0 radical (unpaired) electrons. The number of carbonyl (C=O) groups excluding carboxylic acids is 3. The standard InChI is InChI=1S/C24H27FN4O5/c1-14(30)26-12-19-13-29(24(33)34-19)17-6-7-20(21(25)8-17)16-4-2-15(3-5-16)10-28-23(32)22-9-18(31)11-27-22/h2-8,18-19,22,27,31H,9-13H2,1H3,(H,26,30)(H,28,32)/t18-,19+,22+/m1/s1. The number of hydrogen-bond donors (Lipinski definition) is 4. The number of cyclic esters (lactones) is 1. The Hall–Kier alpha value is -3.50. The van der Waals surface area contributed by atoms with Crippen molar-refractivity contribution in [1.82, 2.24) is 16.0 Å². The fraction of sp³-hybridized carbons (Fsp3) is 0.375. The summed E-state index contributed by atoms with van der Waals surface area (Å²) in [5.41, 5.74) is 2.28. The van der Waals surface area contributed by atoms with E-state index < -0.39 is 30.2 Å². The van der Waals surface area contributed by atoms with Crippen LogP contribution in [0.1, 0.15) is 18.9 Å². The van der Waals surface area contributed by atoms with E-state index in [1.165, 1.54) is 17.9 Å². The van der Waals surface area contributed by atoms with E-state index in [2.05, 4.69) is 16.0 Å². The van der Waals surface area contributed by atoms with Crippen molar-refractivity contribution in [3.8, 4) is 11.1 Å². The highest BCUT2D eigenvalue weighted by Crippen LogP contribution is 2.29. The normalized spacial score (nSPS) is 21.9. The molecule has 3 amide bonds. The molecule has 2 heterocycles. The third kappa shape index (κ3) is 5.52. The fourth-order valence-corrected chi connectivity index (χ4v) is 4.03. The first-order chi connectivity index (χ1) is 16.3. The second kappa shape index (κ2) is 10.2. The van der Waals surface area contributed by atoms with Crippen LogP contribution in [0.5, 0.6) is 0 Å². The Balaban J connectivity index is 1.37. The summed E-state index contributed by atoms with van der Waals surface area (Å²) < 4.78 is 20.1. The monoisotopic (exact) mass is 470 g/mol. The molecule has 2 aliphatic rings. The first kappa shape index (κ1) is 23.7. The summed E-state index contributed by atoms with van der Waals surface area (Å²) in [4.78, 5) is 36.7. The van der Waals surface area contributed by atoms with E-state index in [0.29, 0.717) is 36.3 Å². The molecule has 10 heteroatoms. The number of nitrogens with zero attached hydrogens (tertiary/aromatic N) is 1. The highest BCUT2D eigenvalue weighted by atomic mass is 19.1. The van der Waals surface area contributed by atoms with Gasteiger partial charge < -0.3 is 25.8 Å². The minimum Gasteiger partial charge on any atom is -0.442 e. The van der Waals surface area contributed by atoms with Gasteiger partial charge in [0.15, 0.2) is 0 Å². The van der Waals surface area contributed by atoms with Gasteiger partial charge in [-0.05, 0) is 35.7 Å². The van der Waals surface area contributed by atoms with Crippen molar-refractivity contribution in [3.05, 3.63) is 53.8 Å². The van der Waals surface area contributed by atoms with Gasteiger partial charge in [-0.2, -0.15) is 0 Å². The van der Waals surface area contributed by atoms with E-state index in [1.807, 2.05) is 12.1 Å². The van der Waals surface area contributed by atoms with Crippen molar-refractivity contribution in [2.45, 2.75) is 38.1 Å². The first-order valence-electron chi connectivity index (χ1n) is 11.1. The Bertz CT molecular complexity index is 1080. The number of amides is 3. The molecule has 9 nitrogen and oxygen atoms in total. The average Bonchev–Trinajstić information content (AvgIpc) is 3.42. The van der Waals surface area contributed by atoms with Crippen LogP contribution in [0.2, 0.25) is 0 Å². The fourth-order valence-electron chi connectivity index (χ4n) is 4.03. The van der Waals surface area contributed by atoms with Crippen LogP contribution in [0.4, 0.5) is 14.9 Å². The summed E-state index contributed by atoms with van der Waals surface area (Å²) in [7, 11) is 0. The number of aliphatic hydroxyl groups is 1. The number of carbonyl (C=O) groups is 3. The van der Waals surface area contributed by atoms with Crippen molar-refractivity contribution in [2.75, 3.05) is 24.5 Å². The van der Waals surface area contributed by atoms with Crippen LogP contribution in [0.15, 0.2) is 42.5 Å². The minimum absolute atomic E-state index is 0.165. The maximum atomic E-state index is 14.9. The molecular weight excluding hydrogens is 443 g/mol. The summed E-state index contributed by atoms with van der Waals surface area (Å²) in [5.74, 6) is -0.867. The van der Waals surface area contributed by atoms with Gasteiger partial charge in [0.25, 0.3) is 0 Å². The summed E-state index contributed by atoms with van der Waals surface area (Å²) in [5, 5.41) is 17.9. The van der Waals surface area contributed by atoms with Gasteiger partial charge >= 0.3 is 6.09 Å². The lowest BCUT2D eigenvalue weighted by atomic mass is 10.0. The SMILES string of the molecule is CC(=O)NC[C@H]1CN(c2ccc(-c3ccc(CNC(=O)[C@@H]4C[C@@H](O)CN4)cc3)c(F)c2)C(=O)O1. The van der Waals surface area contributed by atoms with Crippen LogP contribution >= 0.6 is 0 Å².